The Morgan fingerprint density at radius 3 is 2.53 bits per heavy atom. The zero-order valence-corrected chi connectivity index (χ0v) is 19.2. The zero-order chi connectivity index (χ0) is 22.9. The minimum absolute atomic E-state index is 0.00727. The van der Waals surface area contributed by atoms with Gasteiger partial charge >= 0.3 is 11.8 Å². The van der Waals surface area contributed by atoms with Crippen LogP contribution in [0.3, 0.4) is 0 Å². The molecule has 3 rings (SSSR count). The van der Waals surface area contributed by atoms with Gasteiger partial charge in [0.2, 0.25) is 0 Å². The minimum atomic E-state index is -0.658. The fourth-order valence-electron chi connectivity index (χ4n) is 3.96. The number of unbranched alkanes of at least 4 members (excludes halogenated alkanes) is 1. The van der Waals surface area contributed by atoms with Crippen molar-refractivity contribution < 1.29 is 14.4 Å². The van der Waals surface area contributed by atoms with Crippen LogP contribution >= 0.6 is 11.6 Å². The Morgan fingerprint density at radius 2 is 1.78 bits per heavy atom. The Hall–Kier alpha value is -2.86. The molecule has 2 N–H and O–H groups in total. The van der Waals surface area contributed by atoms with E-state index in [4.69, 9.17) is 11.6 Å². The average molecular weight is 456 g/mol. The number of anilines is 1. The molecule has 7 heteroatoms. The Labute approximate surface area is 194 Å². The summed E-state index contributed by atoms with van der Waals surface area (Å²) >= 11 is 6.18. The molecule has 0 spiro atoms. The van der Waals surface area contributed by atoms with Crippen molar-refractivity contribution >= 4 is 35.0 Å². The number of likely N-dealkylation sites (tertiary alicyclic amines) is 1. The maximum atomic E-state index is 12.8. The highest BCUT2D eigenvalue weighted by atomic mass is 35.5. The molecule has 1 aliphatic heterocycles. The summed E-state index contributed by atoms with van der Waals surface area (Å²) in [6.45, 7) is 3.90. The van der Waals surface area contributed by atoms with E-state index in [9.17, 15) is 14.4 Å². The van der Waals surface area contributed by atoms with Gasteiger partial charge in [0.15, 0.2) is 0 Å². The summed E-state index contributed by atoms with van der Waals surface area (Å²) in [7, 11) is 0. The number of rotatable bonds is 7. The van der Waals surface area contributed by atoms with Crippen LogP contribution in [0.25, 0.3) is 0 Å². The van der Waals surface area contributed by atoms with Crippen LogP contribution in [0, 0.1) is 12.8 Å². The predicted molar refractivity (Wildman–Crippen MR) is 127 cm³/mol. The summed E-state index contributed by atoms with van der Waals surface area (Å²) in [6.07, 6.45) is 4.78. The molecule has 170 valence electrons. The van der Waals surface area contributed by atoms with E-state index >= 15 is 0 Å². The largest absolute Gasteiger partial charge is 0.348 e. The topological polar surface area (TPSA) is 78.5 Å². The lowest BCUT2D eigenvalue weighted by atomic mass is 9.92. The standard InChI is InChI=1S/C25H30ClN3O3/c1-18-11-13-20(14-12-18)28-24(31)23(30)27-15-5-4-7-19-8-6-16-29(17-19)25(32)21-9-2-3-10-22(21)26/h2-3,9-14,19H,4-8,15-17H2,1H3,(H,27,30)(H,28,31). The number of benzene rings is 2. The lowest BCUT2D eigenvalue weighted by molar-refractivity contribution is -0.136. The third-order valence-corrected chi connectivity index (χ3v) is 6.08. The zero-order valence-electron chi connectivity index (χ0n) is 18.4. The van der Waals surface area contributed by atoms with Gasteiger partial charge in [-0.1, -0.05) is 47.9 Å². The third kappa shape index (κ3) is 6.82. The maximum absolute atomic E-state index is 12.8. The van der Waals surface area contributed by atoms with Crippen LogP contribution in [-0.4, -0.2) is 42.3 Å². The van der Waals surface area contributed by atoms with Gasteiger partial charge in [-0.05, 0) is 62.8 Å². The molecule has 6 nitrogen and oxygen atoms in total. The van der Waals surface area contributed by atoms with Crippen molar-refractivity contribution in [1.29, 1.82) is 0 Å². The van der Waals surface area contributed by atoms with Crippen LogP contribution in [-0.2, 0) is 9.59 Å². The number of nitrogens with one attached hydrogen (secondary N) is 2. The molecule has 1 atom stereocenters. The molecule has 1 heterocycles. The number of aryl methyl sites for hydroxylation is 1. The van der Waals surface area contributed by atoms with Gasteiger partial charge in [-0.2, -0.15) is 0 Å². The average Bonchev–Trinajstić information content (AvgIpc) is 2.80. The maximum Gasteiger partial charge on any atom is 0.313 e. The second-order valence-electron chi connectivity index (χ2n) is 8.31. The monoisotopic (exact) mass is 455 g/mol. The molecule has 1 aliphatic rings. The fraction of sp³-hybridized carbons (Fsp3) is 0.400. The van der Waals surface area contributed by atoms with Gasteiger partial charge in [0.25, 0.3) is 5.91 Å². The van der Waals surface area contributed by atoms with Crippen molar-refractivity contribution in [3.8, 4) is 0 Å². The highest BCUT2D eigenvalue weighted by molar-refractivity contribution is 6.39. The van der Waals surface area contributed by atoms with Gasteiger partial charge in [0.05, 0.1) is 10.6 Å². The normalized spacial score (nSPS) is 15.8. The Bertz CT molecular complexity index is 946. The van der Waals surface area contributed by atoms with Crippen LogP contribution < -0.4 is 10.6 Å². The first-order chi connectivity index (χ1) is 15.4. The number of piperidine rings is 1. The first-order valence-corrected chi connectivity index (χ1v) is 11.5. The Balaban J connectivity index is 1.35. The SMILES string of the molecule is Cc1ccc(NC(=O)C(=O)NCCCCC2CCCN(C(=O)c3ccccc3Cl)C2)cc1. The van der Waals surface area contributed by atoms with E-state index in [0.29, 0.717) is 28.7 Å². The summed E-state index contributed by atoms with van der Waals surface area (Å²) < 4.78 is 0. The van der Waals surface area contributed by atoms with Crippen LogP contribution in [0.15, 0.2) is 48.5 Å². The molecule has 2 aromatic carbocycles. The lowest BCUT2D eigenvalue weighted by Crippen LogP contribution is -2.40. The number of hydrogen-bond acceptors (Lipinski definition) is 3. The molecule has 1 saturated heterocycles. The molecule has 32 heavy (non-hydrogen) atoms. The van der Waals surface area contributed by atoms with Gasteiger partial charge in [0.1, 0.15) is 0 Å². The fourth-order valence-corrected chi connectivity index (χ4v) is 4.17. The predicted octanol–water partition coefficient (Wildman–Crippen LogP) is 4.43. The second kappa shape index (κ2) is 11.7. The Kier molecular flexibility index (Phi) is 8.68. The van der Waals surface area contributed by atoms with Gasteiger partial charge in [-0.15, -0.1) is 0 Å². The highest BCUT2D eigenvalue weighted by Crippen LogP contribution is 2.25. The minimum Gasteiger partial charge on any atom is -0.348 e. The number of amides is 3. The van der Waals surface area contributed by atoms with Gasteiger partial charge in [-0.25, -0.2) is 0 Å². The van der Waals surface area contributed by atoms with Gasteiger partial charge in [0, 0.05) is 25.3 Å². The summed E-state index contributed by atoms with van der Waals surface area (Å²) in [5.74, 6) is -0.850. The molecule has 0 saturated carbocycles. The van der Waals surface area contributed by atoms with Crippen molar-refractivity contribution in [2.75, 3.05) is 25.0 Å². The van der Waals surface area contributed by atoms with E-state index in [0.717, 1.165) is 50.8 Å². The number of carbonyl (C=O) groups is 3. The summed E-state index contributed by atoms with van der Waals surface area (Å²) in [6, 6.07) is 14.5. The quantitative estimate of drug-likeness (QED) is 0.479. The van der Waals surface area contributed by atoms with Crippen molar-refractivity contribution in [1.82, 2.24) is 10.2 Å². The molecule has 2 aromatic rings. The van der Waals surface area contributed by atoms with Crippen LogP contribution in [0.5, 0.6) is 0 Å². The highest BCUT2D eigenvalue weighted by Gasteiger charge is 2.25. The van der Waals surface area contributed by atoms with Crippen LogP contribution in [0.1, 0.15) is 48.0 Å². The van der Waals surface area contributed by atoms with Crippen molar-refractivity contribution in [3.63, 3.8) is 0 Å². The summed E-state index contributed by atoms with van der Waals surface area (Å²) in [5, 5.41) is 5.76. The third-order valence-electron chi connectivity index (χ3n) is 5.75. The van der Waals surface area contributed by atoms with Gasteiger partial charge < -0.3 is 15.5 Å². The molecule has 1 fully saturated rings. The molecular formula is C25H30ClN3O3. The number of hydrogen-bond donors (Lipinski definition) is 2. The van der Waals surface area contributed by atoms with Crippen molar-refractivity contribution in [3.05, 3.63) is 64.7 Å². The molecule has 0 aromatic heterocycles. The number of nitrogens with zero attached hydrogens (tertiary/aromatic N) is 1. The molecule has 0 bridgehead atoms. The number of halogens is 1. The van der Waals surface area contributed by atoms with E-state index in [-0.39, 0.29) is 5.91 Å². The molecular weight excluding hydrogens is 426 g/mol. The molecule has 0 radical (unpaired) electrons. The van der Waals surface area contributed by atoms with E-state index in [1.807, 2.05) is 36.1 Å². The first-order valence-electron chi connectivity index (χ1n) is 11.1. The molecule has 1 unspecified atom stereocenters. The summed E-state index contributed by atoms with van der Waals surface area (Å²) in [5.41, 5.74) is 2.24. The summed E-state index contributed by atoms with van der Waals surface area (Å²) in [4.78, 5) is 38.6. The van der Waals surface area contributed by atoms with E-state index < -0.39 is 11.8 Å². The van der Waals surface area contributed by atoms with E-state index in [1.54, 1.807) is 24.3 Å². The van der Waals surface area contributed by atoms with Crippen molar-refractivity contribution in [2.45, 2.75) is 39.0 Å². The first kappa shape index (κ1) is 23.8. The van der Waals surface area contributed by atoms with Crippen LogP contribution in [0.4, 0.5) is 5.69 Å². The van der Waals surface area contributed by atoms with E-state index in [2.05, 4.69) is 10.6 Å². The van der Waals surface area contributed by atoms with Gasteiger partial charge in [-0.3, -0.25) is 14.4 Å². The van der Waals surface area contributed by atoms with Crippen LogP contribution in [0.2, 0.25) is 5.02 Å². The smallest absolute Gasteiger partial charge is 0.313 e. The molecule has 3 amide bonds. The Morgan fingerprint density at radius 1 is 1.03 bits per heavy atom. The second-order valence-corrected chi connectivity index (χ2v) is 8.72. The lowest BCUT2D eigenvalue weighted by Gasteiger charge is -2.33. The number of carbonyl (C=O) groups excluding carboxylic acids is 3. The van der Waals surface area contributed by atoms with Crippen molar-refractivity contribution in [2.24, 2.45) is 5.92 Å². The van der Waals surface area contributed by atoms with E-state index in [1.165, 1.54) is 0 Å². The molecule has 0 aliphatic carbocycles.